The molecule has 0 radical (unpaired) electrons. The molecule has 3 rings (SSSR count). The predicted molar refractivity (Wildman–Crippen MR) is 116 cm³/mol. The second-order valence-electron chi connectivity index (χ2n) is 7.38. The van der Waals surface area contributed by atoms with Crippen LogP contribution in [0, 0.1) is 0 Å². The third kappa shape index (κ3) is 4.06. The minimum absolute atomic E-state index is 0.724. The Bertz CT molecular complexity index is 857. The van der Waals surface area contributed by atoms with E-state index in [1.54, 1.807) is 0 Å². The molecule has 0 saturated carbocycles. The minimum atomic E-state index is 0.724. The summed E-state index contributed by atoms with van der Waals surface area (Å²) in [6, 6.07) is 8.60. The van der Waals surface area contributed by atoms with Crippen LogP contribution in [0.5, 0.6) is 0 Å². The Morgan fingerprint density at radius 3 is 2.85 bits per heavy atom. The molecule has 1 aromatic carbocycles. The van der Waals surface area contributed by atoms with Gasteiger partial charge >= 0.3 is 0 Å². The number of nitrogens with zero attached hydrogens (tertiary/aromatic N) is 3. The Labute approximate surface area is 163 Å². The summed E-state index contributed by atoms with van der Waals surface area (Å²) in [6.45, 7) is 17.2. The predicted octanol–water partition coefficient (Wildman–Crippen LogP) is 4.25. The van der Waals surface area contributed by atoms with Crippen LogP contribution < -0.4 is 10.2 Å². The van der Waals surface area contributed by atoms with Crippen LogP contribution in [0.3, 0.4) is 0 Å². The fraction of sp³-hybridized carbons (Fsp3) is 0.348. The van der Waals surface area contributed by atoms with Crippen LogP contribution in [0.25, 0.3) is 0 Å². The van der Waals surface area contributed by atoms with Crippen molar-refractivity contribution in [2.75, 3.05) is 31.6 Å². The van der Waals surface area contributed by atoms with E-state index in [2.05, 4.69) is 79.5 Å². The van der Waals surface area contributed by atoms with Gasteiger partial charge in [-0.3, -0.25) is 4.90 Å². The summed E-state index contributed by atoms with van der Waals surface area (Å²) in [5.74, 6) is 0.930. The first-order valence-corrected chi connectivity index (χ1v) is 9.50. The van der Waals surface area contributed by atoms with E-state index in [1.807, 2.05) is 6.92 Å². The minimum Gasteiger partial charge on any atom is -0.344 e. The van der Waals surface area contributed by atoms with Crippen LogP contribution in [0.2, 0.25) is 0 Å². The summed E-state index contributed by atoms with van der Waals surface area (Å²) in [4.78, 5) is 9.41. The lowest BCUT2D eigenvalue weighted by Crippen LogP contribution is -2.39. The van der Waals surface area contributed by atoms with Gasteiger partial charge in [0, 0.05) is 30.2 Å². The zero-order valence-corrected chi connectivity index (χ0v) is 17.0. The molecule has 142 valence electrons. The molecule has 27 heavy (non-hydrogen) atoms. The fourth-order valence-corrected chi connectivity index (χ4v) is 3.63. The highest BCUT2D eigenvalue weighted by Crippen LogP contribution is 2.30. The Morgan fingerprint density at radius 2 is 2.11 bits per heavy atom. The van der Waals surface area contributed by atoms with Crippen LogP contribution in [0.1, 0.15) is 26.3 Å². The summed E-state index contributed by atoms with van der Waals surface area (Å²) in [6.07, 6.45) is 3.18. The number of hydrogen-bond acceptors (Lipinski definition) is 4. The third-order valence-electron chi connectivity index (χ3n) is 5.30. The lowest BCUT2D eigenvalue weighted by molar-refractivity contribution is 0.407. The Kier molecular flexibility index (Phi) is 5.66. The molecule has 2 aliphatic heterocycles. The Balaban J connectivity index is 1.67. The maximum Gasteiger partial charge on any atom is 0.121 e. The van der Waals surface area contributed by atoms with Gasteiger partial charge in [0.2, 0.25) is 0 Å². The molecule has 4 nitrogen and oxygen atoms in total. The number of benzene rings is 1. The van der Waals surface area contributed by atoms with Gasteiger partial charge in [-0.1, -0.05) is 37.4 Å². The van der Waals surface area contributed by atoms with E-state index in [9.17, 15) is 0 Å². The zero-order chi connectivity index (χ0) is 19.6. The van der Waals surface area contributed by atoms with E-state index in [4.69, 9.17) is 4.99 Å². The first-order chi connectivity index (χ1) is 12.9. The van der Waals surface area contributed by atoms with Gasteiger partial charge in [0.05, 0.1) is 12.2 Å². The van der Waals surface area contributed by atoms with Gasteiger partial charge < -0.3 is 10.2 Å². The quantitative estimate of drug-likeness (QED) is 0.821. The van der Waals surface area contributed by atoms with Crippen molar-refractivity contribution in [1.82, 2.24) is 10.2 Å². The largest absolute Gasteiger partial charge is 0.344 e. The normalized spacial score (nSPS) is 17.2. The molecule has 0 fully saturated rings. The highest BCUT2D eigenvalue weighted by Gasteiger charge is 2.22. The smallest absolute Gasteiger partial charge is 0.121 e. The lowest BCUT2D eigenvalue weighted by atomic mass is 10.1. The van der Waals surface area contributed by atoms with E-state index in [0.717, 1.165) is 54.6 Å². The number of aliphatic imine (C=N–C) groups is 1. The van der Waals surface area contributed by atoms with Gasteiger partial charge in [-0.05, 0) is 57.0 Å². The number of para-hydroxylation sites is 1. The zero-order valence-electron chi connectivity index (χ0n) is 17.0. The summed E-state index contributed by atoms with van der Waals surface area (Å²) in [7, 11) is 2.10. The van der Waals surface area contributed by atoms with Gasteiger partial charge in [0.15, 0.2) is 0 Å². The summed E-state index contributed by atoms with van der Waals surface area (Å²) in [5, 5.41) is 3.35. The van der Waals surface area contributed by atoms with Crippen molar-refractivity contribution < 1.29 is 0 Å². The maximum absolute atomic E-state index is 4.84. The van der Waals surface area contributed by atoms with Gasteiger partial charge in [0.25, 0.3) is 0 Å². The second-order valence-corrected chi connectivity index (χ2v) is 7.38. The molecule has 0 spiro atoms. The Hall–Kier alpha value is -2.59. The Morgan fingerprint density at radius 1 is 1.37 bits per heavy atom. The van der Waals surface area contributed by atoms with E-state index < -0.39 is 0 Å². The van der Waals surface area contributed by atoms with E-state index >= 15 is 0 Å². The summed E-state index contributed by atoms with van der Waals surface area (Å²) in [5.41, 5.74) is 8.05. The molecular formula is C23H30N4. The van der Waals surface area contributed by atoms with Crippen molar-refractivity contribution in [1.29, 1.82) is 0 Å². The molecule has 0 amide bonds. The molecule has 0 bridgehead atoms. The first kappa shape index (κ1) is 19.2. The number of nitrogens with one attached hydrogen (secondary N) is 1. The molecule has 0 aromatic heterocycles. The van der Waals surface area contributed by atoms with Gasteiger partial charge in [-0.25, -0.2) is 4.99 Å². The molecular weight excluding hydrogens is 332 g/mol. The first-order valence-electron chi connectivity index (χ1n) is 9.50. The van der Waals surface area contributed by atoms with Crippen LogP contribution in [-0.2, 0) is 6.42 Å². The van der Waals surface area contributed by atoms with E-state index in [-0.39, 0.29) is 0 Å². The number of allylic oxidation sites excluding steroid dienone is 3. The number of rotatable bonds is 6. The van der Waals surface area contributed by atoms with Crippen molar-refractivity contribution in [3.63, 3.8) is 0 Å². The van der Waals surface area contributed by atoms with Crippen molar-refractivity contribution in [2.24, 2.45) is 4.99 Å². The highest BCUT2D eigenvalue weighted by atomic mass is 15.2. The SMILES string of the molecule is C=C1NC(CN(C)CC(=C)N2CCc3ccccc32)=NC(/C(C)=C\C)=C1C. The fourth-order valence-electron chi connectivity index (χ4n) is 3.63. The van der Waals surface area contributed by atoms with Crippen molar-refractivity contribution in [3.8, 4) is 0 Å². The number of amidine groups is 1. The standard InChI is InChI=1S/C23H30N4/c1-7-16(2)23-18(4)19(5)24-22(25-23)15-26(6)14-17(3)27-13-12-20-10-8-9-11-21(20)27/h7-11H,3,5,12-15H2,1-2,4,6H3,(H,24,25)/b16-7-. The topological polar surface area (TPSA) is 30.9 Å². The van der Waals surface area contributed by atoms with Gasteiger partial charge in [-0.2, -0.15) is 0 Å². The molecule has 1 aromatic rings. The molecule has 0 saturated heterocycles. The van der Waals surface area contributed by atoms with E-state index in [0.29, 0.717) is 0 Å². The van der Waals surface area contributed by atoms with E-state index in [1.165, 1.54) is 16.8 Å². The molecule has 2 aliphatic rings. The third-order valence-corrected chi connectivity index (χ3v) is 5.30. The summed E-state index contributed by atoms with van der Waals surface area (Å²) >= 11 is 0. The number of anilines is 1. The number of hydrogen-bond donors (Lipinski definition) is 1. The van der Waals surface area contributed by atoms with Gasteiger partial charge in [0.1, 0.15) is 5.84 Å². The van der Waals surface area contributed by atoms with Crippen LogP contribution in [0.4, 0.5) is 5.69 Å². The van der Waals surface area contributed by atoms with Crippen LogP contribution in [-0.4, -0.2) is 37.4 Å². The van der Waals surface area contributed by atoms with Crippen molar-refractivity contribution >= 4 is 11.5 Å². The molecule has 0 unspecified atom stereocenters. The van der Waals surface area contributed by atoms with Crippen LogP contribution in [0.15, 0.2) is 76.7 Å². The molecule has 0 aliphatic carbocycles. The molecule has 0 atom stereocenters. The average molecular weight is 363 g/mol. The second kappa shape index (κ2) is 7.97. The molecule has 1 N–H and O–H groups in total. The monoisotopic (exact) mass is 362 g/mol. The van der Waals surface area contributed by atoms with Crippen molar-refractivity contribution in [3.05, 3.63) is 77.3 Å². The molecule has 4 heteroatoms. The summed E-state index contributed by atoms with van der Waals surface area (Å²) < 4.78 is 0. The molecule has 2 heterocycles. The number of fused-ring (bicyclic) bond motifs is 1. The average Bonchev–Trinajstić information content (AvgIpc) is 3.08. The van der Waals surface area contributed by atoms with Gasteiger partial charge in [-0.15, -0.1) is 0 Å². The number of likely N-dealkylation sites (N-methyl/N-ethyl adjacent to an activating group) is 1. The maximum atomic E-state index is 4.84. The highest BCUT2D eigenvalue weighted by molar-refractivity contribution is 5.89. The van der Waals surface area contributed by atoms with Crippen molar-refractivity contribution in [2.45, 2.75) is 27.2 Å². The van der Waals surface area contributed by atoms with Crippen LogP contribution >= 0.6 is 0 Å². The lowest BCUT2D eigenvalue weighted by Gasteiger charge is -2.28.